The van der Waals surface area contributed by atoms with Crippen molar-refractivity contribution in [2.45, 2.75) is 19.3 Å². The zero-order valence-electron chi connectivity index (χ0n) is 14.5. The first-order chi connectivity index (χ1) is 12.4. The molecule has 1 heterocycles. The molecule has 1 saturated heterocycles. The molecule has 6 heteroatoms. The summed E-state index contributed by atoms with van der Waals surface area (Å²) >= 11 is 0. The van der Waals surface area contributed by atoms with Gasteiger partial charge >= 0.3 is 0 Å². The summed E-state index contributed by atoms with van der Waals surface area (Å²) in [5.74, 6) is -1.07. The summed E-state index contributed by atoms with van der Waals surface area (Å²) in [7, 11) is -3.65. The maximum Gasteiger partial charge on any atom is 0.221 e. The number of halogens is 1. The first kappa shape index (κ1) is 18.7. The van der Waals surface area contributed by atoms with Gasteiger partial charge in [0.15, 0.2) is 5.78 Å². The molecule has 138 valence electrons. The van der Waals surface area contributed by atoms with Crippen LogP contribution in [0.15, 0.2) is 54.6 Å². The lowest BCUT2D eigenvalue weighted by Crippen LogP contribution is -2.41. The number of benzene rings is 2. The van der Waals surface area contributed by atoms with Crippen molar-refractivity contribution in [1.29, 1.82) is 0 Å². The molecular formula is C20H22FNO3S. The number of hydrogen-bond acceptors (Lipinski definition) is 3. The second kappa shape index (κ2) is 8.10. The number of ketones is 1. The molecule has 0 N–H and O–H groups in total. The zero-order chi connectivity index (χ0) is 18.6. The Balaban J connectivity index is 1.55. The van der Waals surface area contributed by atoms with Gasteiger partial charge in [0.1, 0.15) is 11.6 Å². The van der Waals surface area contributed by atoms with Crippen LogP contribution in [-0.4, -0.2) is 37.3 Å². The molecule has 0 saturated carbocycles. The van der Waals surface area contributed by atoms with Crippen molar-refractivity contribution < 1.29 is 17.6 Å². The largest absolute Gasteiger partial charge is 0.293 e. The smallest absolute Gasteiger partial charge is 0.221 e. The molecule has 0 unspecified atom stereocenters. The van der Waals surface area contributed by atoms with E-state index in [2.05, 4.69) is 12.1 Å². The van der Waals surface area contributed by atoms with Crippen LogP contribution in [-0.2, 0) is 16.4 Å². The molecule has 1 aliphatic rings. The molecule has 0 amide bonds. The molecule has 0 aromatic heterocycles. The average molecular weight is 375 g/mol. The van der Waals surface area contributed by atoms with Crippen molar-refractivity contribution in [3.8, 4) is 0 Å². The first-order valence-corrected chi connectivity index (χ1v) is 10.4. The van der Waals surface area contributed by atoms with Crippen LogP contribution in [0.25, 0.3) is 0 Å². The molecule has 3 rings (SSSR count). The van der Waals surface area contributed by atoms with E-state index < -0.39 is 27.4 Å². The highest BCUT2D eigenvalue weighted by Gasteiger charge is 2.30. The van der Waals surface area contributed by atoms with Crippen molar-refractivity contribution in [2.75, 3.05) is 18.8 Å². The normalized spacial score (nSPS) is 16.5. The molecular weight excluding hydrogens is 353 g/mol. The van der Waals surface area contributed by atoms with Gasteiger partial charge in [0.05, 0.1) is 0 Å². The molecule has 0 spiro atoms. The predicted molar refractivity (Wildman–Crippen MR) is 99.0 cm³/mol. The number of sulfonamides is 1. The van der Waals surface area contributed by atoms with Crippen LogP contribution < -0.4 is 0 Å². The van der Waals surface area contributed by atoms with Gasteiger partial charge in [-0.1, -0.05) is 30.3 Å². The Bertz CT molecular complexity index is 842. The van der Waals surface area contributed by atoms with Crippen LogP contribution >= 0.6 is 0 Å². The standard InChI is InChI=1S/C20H22FNO3S/c21-19-8-6-18(7-9-19)20(23)15-26(24,25)22-12-10-17(11-13-22)14-16-4-2-1-3-5-16/h1-9,17H,10-15H2. The number of Topliss-reactive ketones (excluding diaryl/α,β-unsaturated/α-hetero) is 1. The lowest BCUT2D eigenvalue weighted by Gasteiger charge is -2.31. The van der Waals surface area contributed by atoms with Crippen molar-refractivity contribution >= 4 is 15.8 Å². The molecule has 0 bridgehead atoms. The Morgan fingerprint density at radius 2 is 1.62 bits per heavy atom. The van der Waals surface area contributed by atoms with E-state index >= 15 is 0 Å². The lowest BCUT2D eigenvalue weighted by molar-refractivity contribution is 0.101. The number of carbonyl (C=O) groups excluding carboxylic acids is 1. The van der Waals surface area contributed by atoms with E-state index in [9.17, 15) is 17.6 Å². The summed E-state index contributed by atoms with van der Waals surface area (Å²) < 4.78 is 39.4. The molecule has 4 nitrogen and oxygen atoms in total. The summed E-state index contributed by atoms with van der Waals surface area (Å²) in [6.07, 6.45) is 2.53. The van der Waals surface area contributed by atoms with E-state index in [1.54, 1.807) is 0 Å². The van der Waals surface area contributed by atoms with Crippen LogP contribution in [0.3, 0.4) is 0 Å². The predicted octanol–water partition coefficient (Wildman–Crippen LogP) is 3.29. The molecule has 0 atom stereocenters. The van der Waals surface area contributed by atoms with E-state index in [1.807, 2.05) is 18.2 Å². The molecule has 1 aliphatic heterocycles. The fraction of sp³-hybridized carbons (Fsp3) is 0.350. The fourth-order valence-electron chi connectivity index (χ4n) is 3.32. The third-order valence-electron chi connectivity index (χ3n) is 4.81. The van der Waals surface area contributed by atoms with Gasteiger partial charge in [-0.2, -0.15) is 0 Å². The summed E-state index contributed by atoms with van der Waals surface area (Å²) in [5, 5.41) is 0. The Labute approximate surface area is 153 Å². The Kier molecular flexibility index (Phi) is 5.84. The van der Waals surface area contributed by atoms with E-state index in [0.29, 0.717) is 19.0 Å². The summed E-state index contributed by atoms with van der Waals surface area (Å²) in [4.78, 5) is 12.2. The summed E-state index contributed by atoms with van der Waals surface area (Å²) in [6, 6.07) is 15.1. The minimum atomic E-state index is -3.65. The molecule has 1 fully saturated rings. The minimum Gasteiger partial charge on any atom is -0.293 e. The van der Waals surface area contributed by atoms with Gasteiger partial charge in [-0.15, -0.1) is 0 Å². The molecule has 0 aliphatic carbocycles. The Morgan fingerprint density at radius 1 is 1.00 bits per heavy atom. The SMILES string of the molecule is O=C(CS(=O)(=O)N1CCC(Cc2ccccc2)CC1)c1ccc(F)cc1. The highest BCUT2D eigenvalue weighted by Crippen LogP contribution is 2.23. The molecule has 2 aromatic carbocycles. The van der Waals surface area contributed by atoms with Gasteiger partial charge in [-0.25, -0.2) is 17.1 Å². The number of carbonyl (C=O) groups is 1. The monoisotopic (exact) mass is 375 g/mol. The van der Waals surface area contributed by atoms with Crippen LogP contribution in [0, 0.1) is 11.7 Å². The number of rotatable bonds is 6. The number of nitrogens with zero attached hydrogens (tertiary/aromatic N) is 1. The third kappa shape index (κ3) is 4.77. The van der Waals surface area contributed by atoms with E-state index in [4.69, 9.17) is 0 Å². The van der Waals surface area contributed by atoms with E-state index in [-0.39, 0.29) is 5.56 Å². The molecule has 0 radical (unpaired) electrons. The van der Waals surface area contributed by atoms with Gasteiger partial charge in [-0.05, 0) is 55.0 Å². The van der Waals surface area contributed by atoms with E-state index in [1.165, 1.54) is 22.0 Å². The quantitative estimate of drug-likeness (QED) is 0.728. The number of hydrogen-bond donors (Lipinski definition) is 0. The van der Waals surface area contributed by atoms with Gasteiger partial charge in [-0.3, -0.25) is 4.79 Å². The van der Waals surface area contributed by atoms with Crippen LogP contribution in [0.2, 0.25) is 0 Å². The minimum absolute atomic E-state index is 0.217. The highest BCUT2D eigenvalue weighted by molar-refractivity contribution is 7.89. The second-order valence-electron chi connectivity index (χ2n) is 6.72. The van der Waals surface area contributed by atoms with Crippen molar-refractivity contribution in [2.24, 2.45) is 5.92 Å². The van der Waals surface area contributed by atoms with Crippen LogP contribution in [0.1, 0.15) is 28.8 Å². The third-order valence-corrected chi connectivity index (χ3v) is 6.59. The fourth-order valence-corrected chi connectivity index (χ4v) is 4.76. The van der Waals surface area contributed by atoms with Crippen LogP contribution in [0.4, 0.5) is 4.39 Å². The van der Waals surface area contributed by atoms with Gasteiger partial charge in [0.25, 0.3) is 0 Å². The maximum absolute atomic E-state index is 12.9. The van der Waals surface area contributed by atoms with Crippen molar-refractivity contribution in [1.82, 2.24) is 4.31 Å². The maximum atomic E-state index is 12.9. The lowest BCUT2D eigenvalue weighted by atomic mass is 9.91. The van der Waals surface area contributed by atoms with Gasteiger partial charge in [0, 0.05) is 18.7 Å². The zero-order valence-corrected chi connectivity index (χ0v) is 15.3. The molecule has 2 aromatic rings. The van der Waals surface area contributed by atoms with Crippen LogP contribution in [0.5, 0.6) is 0 Å². The highest BCUT2D eigenvalue weighted by atomic mass is 32.2. The molecule has 26 heavy (non-hydrogen) atoms. The van der Waals surface area contributed by atoms with Gasteiger partial charge in [0.2, 0.25) is 10.0 Å². The first-order valence-electron chi connectivity index (χ1n) is 8.74. The summed E-state index contributed by atoms with van der Waals surface area (Å²) in [6.45, 7) is 0.882. The van der Waals surface area contributed by atoms with Gasteiger partial charge < -0.3 is 0 Å². The number of piperidine rings is 1. The van der Waals surface area contributed by atoms with Crippen molar-refractivity contribution in [3.05, 3.63) is 71.5 Å². The Morgan fingerprint density at radius 3 is 2.23 bits per heavy atom. The Hall–Kier alpha value is -2.05. The summed E-state index contributed by atoms with van der Waals surface area (Å²) in [5.41, 5.74) is 1.48. The topological polar surface area (TPSA) is 54.5 Å². The average Bonchev–Trinajstić information content (AvgIpc) is 2.63. The van der Waals surface area contributed by atoms with Crippen molar-refractivity contribution in [3.63, 3.8) is 0 Å². The second-order valence-corrected chi connectivity index (χ2v) is 8.69. The van der Waals surface area contributed by atoms with E-state index in [0.717, 1.165) is 31.4 Å².